The molecule has 0 aromatic rings. The highest BCUT2D eigenvalue weighted by Gasteiger charge is 2.54. The average molecular weight is 1480 g/mol. The molecule has 608 valence electrons. The van der Waals surface area contributed by atoms with E-state index >= 15 is 0 Å². The lowest BCUT2D eigenvalue weighted by Gasteiger charge is -2.48. The summed E-state index contributed by atoms with van der Waals surface area (Å²) in [5, 5.41) is 121. The molecule has 104 heavy (non-hydrogen) atoms. The zero-order chi connectivity index (χ0) is 75.3. The summed E-state index contributed by atoms with van der Waals surface area (Å²) < 4.78 is 34.5. The van der Waals surface area contributed by atoms with Gasteiger partial charge in [0.1, 0.15) is 73.2 Å². The van der Waals surface area contributed by atoms with Gasteiger partial charge in [0.25, 0.3) is 0 Å². The van der Waals surface area contributed by atoms with Crippen molar-refractivity contribution in [2.45, 2.75) is 446 Å². The summed E-state index contributed by atoms with van der Waals surface area (Å²) in [6.45, 7) is 1.67. The number of amides is 1. The fourth-order valence-electron chi connectivity index (χ4n) is 14.3. The molecule has 19 heteroatoms. The number of carbonyl (C=O) groups is 1. The summed E-state index contributed by atoms with van der Waals surface area (Å²) in [6.07, 6.45) is 57.9. The maximum atomic E-state index is 13.5. The predicted molar refractivity (Wildman–Crippen MR) is 415 cm³/mol. The lowest BCUT2D eigenvalue weighted by atomic mass is 9.96. The summed E-state index contributed by atoms with van der Waals surface area (Å²) in [7, 11) is 0. The quantitative estimate of drug-likeness (QED) is 0.0199. The summed E-state index contributed by atoms with van der Waals surface area (Å²) in [6, 6.07) is -0.978. The van der Waals surface area contributed by atoms with Crippen molar-refractivity contribution in [1.29, 1.82) is 0 Å². The number of hydrogen-bond acceptors (Lipinski definition) is 18. The highest BCUT2D eigenvalue weighted by Crippen LogP contribution is 2.33. The van der Waals surface area contributed by atoms with E-state index in [1.807, 2.05) is 6.08 Å². The van der Waals surface area contributed by atoms with Gasteiger partial charge in [0.15, 0.2) is 18.9 Å². The molecule has 0 aliphatic carbocycles. The van der Waals surface area contributed by atoms with Crippen molar-refractivity contribution in [2.24, 2.45) is 0 Å². The Balaban J connectivity index is 1.35. The Hall–Kier alpha value is -2.51. The number of aliphatic hydroxyl groups excluding tert-OH is 11. The molecule has 0 saturated carbocycles. The van der Waals surface area contributed by atoms with Crippen LogP contribution in [0.4, 0.5) is 0 Å². The number of ether oxygens (including phenoxy) is 6. The van der Waals surface area contributed by atoms with Gasteiger partial charge in [-0.3, -0.25) is 4.79 Å². The molecular weight excluding hydrogens is 1320 g/mol. The van der Waals surface area contributed by atoms with Crippen molar-refractivity contribution >= 4 is 5.91 Å². The van der Waals surface area contributed by atoms with Gasteiger partial charge in [-0.1, -0.05) is 338 Å². The van der Waals surface area contributed by atoms with E-state index in [2.05, 4.69) is 67.8 Å². The van der Waals surface area contributed by atoms with Crippen LogP contribution in [0, 0.1) is 0 Å². The number of allylic oxidation sites excluding steroid dienone is 9. The highest BCUT2D eigenvalue weighted by atomic mass is 16.8. The van der Waals surface area contributed by atoms with Crippen molar-refractivity contribution in [3.63, 3.8) is 0 Å². The van der Waals surface area contributed by atoms with E-state index in [-0.39, 0.29) is 18.9 Å². The van der Waals surface area contributed by atoms with E-state index in [9.17, 15) is 61.0 Å². The molecule has 0 aromatic carbocycles. The third-order valence-corrected chi connectivity index (χ3v) is 21.1. The van der Waals surface area contributed by atoms with Gasteiger partial charge in [0.2, 0.25) is 5.91 Å². The van der Waals surface area contributed by atoms with Crippen LogP contribution in [0.1, 0.15) is 341 Å². The minimum absolute atomic E-state index is 0.242. The smallest absolute Gasteiger partial charge is 0.220 e. The van der Waals surface area contributed by atoms with Crippen molar-refractivity contribution in [2.75, 3.05) is 26.4 Å². The first kappa shape index (κ1) is 95.7. The third-order valence-electron chi connectivity index (χ3n) is 21.1. The molecule has 1 amide bonds. The van der Waals surface area contributed by atoms with Gasteiger partial charge in [-0.25, -0.2) is 0 Å². The SMILES string of the molecule is CC/C=C\C/C=C\C/C=C\C/C=C\CCCCCCCCCCCCCCCCC(=O)NC(COC1OC(CO)C(OC2OC(CO)C(OC3OC(CO)C(O)C(O)C3O)C(O)C2O)C(O)C1O)C(O)/C=C/CCCCCCCCCCCCCCCCCCCCCCCCCCCCCCCC. The normalized spacial score (nSPS) is 26.2. The van der Waals surface area contributed by atoms with Crippen molar-refractivity contribution < 1.29 is 89.4 Å². The largest absolute Gasteiger partial charge is 0.394 e. The van der Waals surface area contributed by atoms with Crippen molar-refractivity contribution in [1.82, 2.24) is 5.32 Å². The maximum absolute atomic E-state index is 13.5. The molecule has 3 fully saturated rings. The molecular formula is C85H155NO18. The summed E-state index contributed by atoms with van der Waals surface area (Å²) >= 11 is 0. The molecule has 3 heterocycles. The van der Waals surface area contributed by atoms with Crippen LogP contribution in [-0.2, 0) is 33.2 Å². The van der Waals surface area contributed by atoms with Crippen LogP contribution in [0.25, 0.3) is 0 Å². The molecule has 3 aliphatic heterocycles. The Kier molecular flexibility index (Phi) is 60.0. The number of carbonyl (C=O) groups excluding carboxylic acids is 1. The van der Waals surface area contributed by atoms with Crippen molar-refractivity contribution in [3.8, 4) is 0 Å². The van der Waals surface area contributed by atoms with Gasteiger partial charge in [0.05, 0.1) is 38.6 Å². The Morgan fingerprint density at radius 2 is 0.663 bits per heavy atom. The molecule has 3 aliphatic rings. The second-order valence-electron chi connectivity index (χ2n) is 30.3. The molecule has 0 aromatic heterocycles. The van der Waals surface area contributed by atoms with Gasteiger partial charge in [-0.2, -0.15) is 0 Å². The minimum atomic E-state index is -1.98. The summed E-state index contributed by atoms with van der Waals surface area (Å²) in [4.78, 5) is 13.5. The fraction of sp³-hybridized carbons (Fsp3) is 0.871. The van der Waals surface area contributed by atoms with Crippen LogP contribution in [0.3, 0.4) is 0 Å². The number of unbranched alkanes of at least 4 members (excludes halogenated alkanes) is 44. The Morgan fingerprint density at radius 1 is 0.356 bits per heavy atom. The van der Waals surface area contributed by atoms with Gasteiger partial charge >= 0.3 is 0 Å². The highest BCUT2D eigenvalue weighted by molar-refractivity contribution is 5.76. The van der Waals surface area contributed by atoms with Crippen LogP contribution in [-0.4, -0.2) is 193 Å². The standard InChI is InChI=1S/C85H155NO18/c1-3-5-7-9-11-13-15-17-19-21-23-25-27-29-31-32-33-34-35-37-38-40-42-44-46-48-50-52-54-56-58-60-62-69(90)68(86-73(91)63-61-59-57-55-53-51-49-47-45-43-41-39-36-30-28-26-24-22-20-18-16-14-12-10-8-6-4-2)67-99-83-79(97)76(94)81(71(65-88)101-83)104-85-80(98)77(95)82(72(66-89)102-85)103-84-78(96)75(93)74(92)70(64-87)100-84/h6,8,12,14,18,20,24,26,60,62,68-72,74-85,87-90,92-98H,3-5,7,9-11,13,15-17,19,21-23,25,27-59,61,63-67H2,1-2H3,(H,86,91)/b8-6-,14-12-,20-18-,26-24-,62-60+. The monoisotopic (exact) mass is 1480 g/mol. The van der Waals surface area contributed by atoms with E-state index in [1.54, 1.807) is 6.08 Å². The van der Waals surface area contributed by atoms with Crippen LogP contribution in [0.5, 0.6) is 0 Å². The van der Waals surface area contributed by atoms with E-state index in [0.717, 1.165) is 77.0 Å². The van der Waals surface area contributed by atoms with E-state index in [0.29, 0.717) is 6.42 Å². The fourth-order valence-corrected chi connectivity index (χ4v) is 14.3. The number of rotatable bonds is 68. The lowest BCUT2D eigenvalue weighted by molar-refractivity contribution is -0.379. The van der Waals surface area contributed by atoms with Gasteiger partial charge in [0, 0.05) is 6.42 Å². The third kappa shape index (κ3) is 44.4. The van der Waals surface area contributed by atoms with Crippen molar-refractivity contribution in [3.05, 3.63) is 60.8 Å². The second kappa shape index (κ2) is 65.2. The summed E-state index contributed by atoms with van der Waals surface area (Å²) in [5.41, 5.74) is 0. The topological polar surface area (TPSA) is 307 Å². The first-order chi connectivity index (χ1) is 50.8. The number of aliphatic hydroxyl groups is 11. The molecule has 12 N–H and O–H groups in total. The first-order valence-electron chi connectivity index (χ1n) is 42.5. The molecule has 17 atom stereocenters. The van der Waals surface area contributed by atoms with Crippen LogP contribution < -0.4 is 5.32 Å². The average Bonchev–Trinajstić information content (AvgIpc) is 0.783. The maximum Gasteiger partial charge on any atom is 0.220 e. The Morgan fingerprint density at radius 3 is 1.04 bits per heavy atom. The first-order valence-corrected chi connectivity index (χ1v) is 42.5. The number of hydrogen-bond donors (Lipinski definition) is 12. The van der Waals surface area contributed by atoms with Gasteiger partial charge in [-0.15, -0.1) is 0 Å². The Bertz CT molecular complexity index is 2110. The van der Waals surface area contributed by atoms with Gasteiger partial charge < -0.3 is 89.9 Å². The predicted octanol–water partition coefficient (Wildman–Crippen LogP) is 15.0. The zero-order valence-electron chi connectivity index (χ0n) is 65.3. The van der Waals surface area contributed by atoms with E-state index < -0.39 is 124 Å². The van der Waals surface area contributed by atoms with Crippen LogP contribution >= 0.6 is 0 Å². The van der Waals surface area contributed by atoms with Crippen LogP contribution in [0.15, 0.2) is 60.8 Å². The zero-order valence-corrected chi connectivity index (χ0v) is 65.3. The minimum Gasteiger partial charge on any atom is -0.394 e. The molecule has 3 rings (SSSR count). The summed E-state index contributed by atoms with van der Waals surface area (Å²) in [5.74, 6) is -0.273. The van der Waals surface area contributed by atoms with E-state index in [4.69, 9.17) is 28.4 Å². The number of nitrogens with one attached hydrogen (secondary N) is 1. The van der Waals surface area contributed by atoms with Gasteiger partial charge in [-0.05, 0) is 57.8 Å². The molecule has 0 spiro atoms. The lowest BCUT2D eigenvalue weighted by Crippen LogP contribution is -2.66. The molecule has 0 bridgehead atoms. The molecule has 17 unspecified atom stereocenters. The molecule has 3 saturated heterocycles. The Labute approximate surface area is 630 Å². The molecule has 0 radical (unpaired) electrons. The second-order valence-corrected chi connectivity index (χ2v) is 30.3. The molecule has 19 nitrogen and oxygen atoms in total. The van der Waals surface area contributed by atoms with E-state index in [1.165, 1.54) is 238 Å². The van der Waals surface area contributed by atoms with Crippen LogP contribution in [0.2, 0.25) is 0 Å².